The number of benzene rings is 1. The van der Waals surface area contributed by atoms with E-state index in [2.05, 4.69) is 5.32 Å². The average molecular weight is 334 g/mol. The molecule has 3 N–H and O–H groups in total. The highest BCUT2D eigenvalue weighted by Crippen LogP contribution is 2.47. The zero-order valence-electron chi connectivity index (χ0n) is 14.3. The summed E-state index contributed by atoms with van der Waals surface area (Å²) >= 11 is 0. The van der Waals surface area contributed by atoms with Crippen molar-refractivity contribution in [2.24, 2.45) is 0 Å². The number of nitro groups is 1. The van der Waals surface area contributed by atoms with Gasteiger partial charge in [-0.3, -0.25) is 19.7 Å². The van der Waals surface area contributed by atoms with Gasteiger partial charge in [-0.25, -0.2) is 0 Å². The number of nitrogen functional groups attached to an aromatic ring is 1. The van der Waals surface area contributed by atoms with Crippen LogP contribution in [0.1, 0.15) is 32.3 Å². The fourth-order valence-electron chi connectivity index (χ4n) is 3.63. The molecule has 0 aliphatic carbocycles. The Labute approximate surface area is 140 Å². The van der Waals surface area contributed by atoms with E-state index in [1.807, 2.05) is 13.8 Å². The van der Waals surface area contributed by atoms with E-state index in [1.54, 1.807) is 18.9 Å². The summed E-state index contributed by atoms with van der Waals surface area (Å²) in [5.74, 6) is -0.551. The van der Waals surface area contributed by atoms with E-state index in [-0.39, 0.29) is 17.4 Å². The minimum Gasteiger partial charge on any atom is -0.397 e. The van der Waals surface area contributed by atoms with Crippen LogP contribution in [0.25, 0.3) is 0 Å². The van der Waals surface area contributed by atoms with Gasteiger partial charge >= 0.3 is 0 Å². The quantitative estimate of drug-likeness (QED) is 0.278. The van der Waals surface area contributed by atoms with Crippen LogP contribution in [0, 0.1) is 17.0 Å². The second-order valence-electron chi connectivity index (χ2n) is 6.05. The number of nitrogens with one attached hydrogen (secondary N) is 1. The lowest BCUT2D eigenvalue weighted by Gasteiger charge is -2.49. The molecule has 0 saturated heterocycles. The summed E-state index contributed by atoms with van der Waals surface area (Å²) in [5, 5.41) is 14.4. The van der Waals surface area contributed by atoms with Gasteiger partial charge in [0.2, 0.25) is 5.78 Å². The number of rotatable bonds is 5. The number of fused-ring (bicyclic) bond motifs is 1. The third-order valence-electron chi connectivity index (χ3n) is 5.04. The van der Waals surface area contributed by atoms with Gasteiger partial charge in [-0.2, -0.15) is 0 Å². The molecule has 1 aromatic carbocycles. The molecular formula is C16H22N4O4. The Morgan fingerprint density at radius 2 is 2.17 bits per heavy atom. The summed E-state index contributed by atoms with van der Waals surface area (Å²) in [6.45, 7) is 5.29. The maximum atomic E-state index is 12.4. The molecule has 8 heteroatoms. The second-order valence-corrected chi connectivity index (χ2v) is 6.05. The first kappa shape index (κ1) is 17.7. The number of ketones is 1. The summed E-state index contributed by atoms with van der Waals surface area (Å²) in [5.41, 5.74) is 6.51. The van der Waals surface area contributed by atoms with Crippen LogP contribution >= 0.6 is 0 Å². The highest BCUT2D eigenvalue weighted by Gasteiger charge is 2.49. The van der Waals surface area contributed by atoms with Gasteiger partial charge in [0.05, 0.1) is 33.6 Å². The number of nitrogens with two attached hydrogens (primary N) is 1. The molecule has 0 amide bonds. The van der Waals surface area contributed by atoms with Crippen LogP contribution in [0.3, 0.4) is 0 Å². The molecule has 1 aromatic rings. The van der Waals surface area contributed by atoms with Crippen LogP contribution < -0.4 is 16.0 Å². The molecule has 1 aliphatic rings. The van der Waals surface area contributed by atoms with E-state index in [1.165, 1.54) is 6.07 Å². The van der Waals surface area contributed by atoms with Crippen LogP contribution in [0.5, 0.6) is 0 Å². The molecule has 2 unspecified atom stereocenters. The first-order valence-electron chi connectivity index (χ1n) is 7.83. The molecule has 0 radical (unpaired) electrons. The molecule has 2 rings (SSSR count). The fraction of sp³-hybridized carbons (Fsp3) is 0.500. The van der Waals surface area contributed by atoms with Gasteiger partial charge < -0.3 is 16.0 Å². The van der Waals surface area contributed by atoms with Gasteiger partial charge in [-0.1, -0.05) is 13.8 Å². The number of carbonyl (C=O) groups excluding carboxylic acids is 2. The second kappa shape index (κ2) is 6.10. The van der Waals surface area contributed by atoms with Crippen LogP contribution in [-0.4, -0.2) is 35.6 Å². The van der Waals surface area contributed by atoms with Crippen molar-refractivity contribution >= 4 is 34.8 Å². The lowest BCUT2D eigenvalue weighted by molar-refractivity contribution is -0.385. The SMILES string of the molecule is CCC1N(C)c2cc([N+](=O)[O-])c(C)c(N)c2NC1(CC)C(=O)C=O. The van der Waals surface area contributed by atoms with E-state index in [0.717, 1.165) is 0 Å². The topological polar surface area (TPSA) is 119 Å². The number of carbonyl (C=O) groups is 2. The molecule has 0 bridgehead atoms. The van der Waals surface area contributed by atoms with E-state index in [0.29, 0.717) is 36.1 Å². The number of nitro benzene ring substituents is 1. The van der Waals surface area contributed by atoms with Crippen LogP contribution in [0.15, 0.2) is 6.07 Å². The van der Waals surface area contributed by atoms with Gasteiger partial charge in [0, 0.05) is 13.1 Å². The molecule has 1 aliphatic heterocycles. The van der Waals surface area contributed by atoms with Crippen molar-refractivity contribution in [3.63, 3.8) is 0 Å². The predicted molar refractivity (Wildman–Crippen MR) is 92.4 cm³/mol. The highest BCUT2D eigenvalue weighted by molar-refractivity contribution is 6.31. The van der Waals surface area contributed by atoms with Crippen molar-refractivity contribution in [1.29, 1.82) is 0 Å². The number of anilines is 3. The third-order valence-corrected chi connectivity index (χ3v) is 5.04. The van der Waals surface area contributed by atoms with E-state index in [4.69, 9.17) is 5.73 Å². The molecule has 0 spiro atoms. The zero-order chi connectivity index (χ0) is 18.2. The van der Waals surface area contributed by atoms with Crippen molar-refractivity contribution in [2.75, 3.05) is 23.0 Å². The average Bonchev–Trinajstić information content (AvgIpc) is 2.56. The number of aldehydes is 1. The highest BCUT2D eigenvalue weighted by atomic mass is 16.6. The van der Waals surface area contributed by atoms with Gasteiger partial charge in [0.25, 0.3) is 5.69 Å². The number of Topliss-reactive ketones (excluding diaryl/α,β-unsaturated/α-hetero) is 1. The Balaban J connectivity index is 2.76. The van der Waals surface area contributed by atoms with Crippen molar-refractivity contribution in [3.05, 3.63) is 21.7 Å². The maximum absolute atomic E-state index is 12.4. The van der Waals surface area contributed by atoms with E-state index >= 15 is 0 Å². The van der Waals surface area contributed by atoms with Crippen LogP contribution in [-0.2, 0) is 9.59 Å². The van der Waals surface area contributed by atoms with Crippen LogP contribution in [0.2, 0.25) is 0 Å². The number of likely N-dealkylation sites (N-methyl/N-ethyl adjacent to an activating group) is 1. The molecule has 8 nitrogen and oxygen atoms in total. The van der Waals surface area contributed by atoms with Gasteiger partial charge in [0.15, 0.2) is 6.29 Å². The zero-order valence-corrected chi connectivity index (χ0v) is 14.3. The van der Waals surface area contributed by atoms with E-state index in [9.17, 15) is 19.7 Å². The molecule has 0 aromatic heterocycles. The van der Waals surface area contributed by atoms with Crippen LogP contribution in [0.4, 0.5) is 22.7 Å². The number of hydrogen-bond donors (Lipinski definition) is 2. The Kier molecular flexibility index (Phi) is 4.50. The Morgan fingerprint density at radius 1 is 1.54 bits per heavy atom. The molecule has 0 fully saturated rings. The van der Waals surface area contributed by atoms with E-state index < -0.39 is 16.2 Å². The number of hydrogen-bond acceptors (Lipinski definition) is 7. The Morgan fingerprint density at radius 3 is 2.62 bits per heavy atom. The Hall–Kier alpha value is -2.64. The minimum atomic E-state index is -1.10. The molecule has 130 valence electrons. The summed E-state index contributed by atoms with van der Waals surface area (Å²) in [4.78, 5) is 36.2. The van der Waals surface area contributed by atoms with Crippen molar-refractivity contribution in [1.82, 2.24) is 0 Å². The summed E-state index contributed by atoms with van der Waals surface area (Å²) < 4.78 is 0. The minimum absolute atomic E-state index is 0.0690. The van der Waals surface area contributed by atoms with Gasteiger partial charge in [0.1, 0.15) is 5.54 Å². The first-order valence-corrected chi connectivity index (χ1v) is 7.83. The summed E-state index contributed by atoms with van der Waals surface area (Å²) in [6, 6.07) is 1.14. The van der Waals surface area contributed by atoms with Crippen molar-refractivity contribution < 1.29 is 14.5 Å². The molecule has 1 heterocycles. The lowest BCUT2D eigenvalue weighted by Crippen LogP contribution is -2.64. The largest absolute Gasteiger partial charge is 0.397 e. The third kappa shape index (κ3) is 2.29. The Bertz CT molecular complexity index is 719. The molecular weight excluding hydrogens is 312 g/mol. The van der Waals surface area contributed by atoms with Crippen molar-refractivity contribution in [2.45, 2.75) is 45.2 Å². The fourth-order valence-corrected chi connectivity index (χ4v) is 3.63. The normalized spacial score (nSPS) is 22.5. The maximum Gasteiger partial charge on any atom is 0.276 e. The van der Waals surface area contributed by atoms with Crippen molar-refractivity contribution in [3.8, 4) is 0 Å². The first-order chi connectivity index (χ1) is 11.2. The summed E-state index contributed by atoms with van der Waals surface area (Å²) in [6.07, 6.45) is 1.30. The molecule has 0 saturated carbocycles. The predicted octanol–water partition coefficient (Wildman–Crippen LogP) is 2.04. The smallest absolute Gasteiger partial charge is 0.276 e. The molecule has 24 heavy (non-hydrogen) atoms. The molecule has 2 atom stereocenters. The number of nitrogens with zero attached hydrogens (tertiary/aromatic N) is 2. The summed E-state index contributed by atoms with van der Waals surface area (Å²) in [7, 11) is 1.76. The van der Waals surface area contributed by atoms with Gasteiger partial charge in [-0.15, -0.1) is 0 Å². The lowest BCUT2D eigenvalue weighted by atomic mass is 9.78. The van der Waals surface area contributed by atoms with Gasteiger partial charge in [-0.05, 0) is 19.8 Å². The standard InChI is InChI=1S/C16H22N4O4/c1-5-12-16(6-2,13(22)8-21)18-15-11(19(12)4)7-10(20(23)24)9(3)14(15)17/h7-8,12,18H,5-6,17H2,1-4H3. The monoisotopic (exact) mass is 334 g/mol.